The molecule has 0 fully saturated rings. The molecule has 1 atom stereocenters. The van der Waals surface area contributed by atoms with E-state index in [0.29, 0.717) is 6.04 Å². The minimum absolute atomic E-state index is 0.368. The number of hydrogen-bond acceptors (Lipinski definition) is 2. The third-order valence-corrected chi connectivity index (χ3v) is 0.909. The maximum absolute atomic E-state index is 4.90. The molecule has 0 aliphatic heterocycles. The molecule has 0 spiro atoms. The summed E-state index contributed by atoms with van der Waals surface area (Å²) in [5.41, 5.74) is 0.986. The minimum atomic E-state index is 0.368. The maximum Gasteiger partial charge on any atom is 0.0661 e. The van der Waals surface area contributed by atoms with E-state index < -0.39 is 0 Å². The fourth-order valence-corrected chi connectivity index (χ4v) is 0.712. The molecule has 0 rings (SSSR count). The Kier molecular flexibility index (Phi) is 4.14. The van der Waals surface area contributed by atoms with Crippen LogP contribution in [0.25, 0.3) is 0 Å². The highest BCUT2D eigenvalue weighted by molar-refractivity contribution is 4.86. The molecule has 0 aromatic heterocycles. The van der Waals surface area contributed by atoms with Gasteiger partial charge in [0.25, 0.3) is 0 Å². The van der Waals surface area contributed by atoms with Crippen LogP contribution in [0.2, 0.25) is 0 Å². The summed E-state index contributed by atoms with van der Waals surface area (Å²) in [4.78, 5) is 0. The van der Waals surface area contributed by atoms with Crippen LogP contribution in [-0.2, 0) is 4.74 Å². The van der Waals surface area contributed by atoms with Crippen molar-refractivity contribution in [2.75, 3.05) is 13.7 Å². The second-order valence-corrected chi connectivity index (χ2v) is 2.28. The molecule has 1 unspecified atom stereocenters. The van der Waals surface area contributed by atoms with Crippen molar-refractivity contribution >= 4 is 0 Å². The van der Waals surface area contributed by atoms with Crippen molar-refractivity contribution in [3.63, 3.8) is 0 Å². The number of hydrogen-bond donors (Lipinski definition) is 1. The largest absolute Gasteiger partial charge is 0.384 e. The quantitative estimate of drug-likeness (QED) is 0.614. The zero-order valence-electron chi connectivity index (χ0n) is 6.40. The monoisotopic (exact) mass is 129 g/mol. The first-order chi connectivity index (χ1) is 4.16. The third-order valence-electron chi connectivity index (χ3n) is 0.909. The van der Waals surface area contributed by atoms with E-state index in [0.717, 1.165) is 12.3 Å². The third kappa shape index (κ3) is 5.37. The molecule has 9 heavy (non-hydrogen) atoms. The van der Waals surface area contributed by atoms with E-state index in [1.807, 2.05) is 6.92 Å². The number of ether oxygens (including phenoxy) is 1. The summed E-state index contributed by atoms with van der Waals surface area (Å²) in [5.74, 6) is 0. The van der Waals surface area contributed by atoms with Crippen LogP contribution in [-0.4, -0.2) is 19.8 Å². The molecular formula is C7H15NO. The van der Waals surface area contributed by atoms with Crippen LogP contribution in [0.5, 0.6) is 0 Å². The highest BCUT2D eigenvalue weighted by Crippen LogP contribution is 1.86. The van der Waals surface area contributed by atoms with E-state index in [9.17, 15) is 0 Å². The summed E-state index contributed by atoms with van der Waals surface area (Å²) < 4.78 is 4.90. The van der Waals surface area contributed by atoms with Crippen LogP contribution in [0.15, 0.2) is 12.3 Å². The summed E-state index contributed by atoms with van der Waals surface area (Å²) in [6, 6.07) is 0.368. The molecule has 0 aromatic rings. The molecule has 0 bridgehead atoms. The fourth-order valence-electron chi connectivity index (χ4n) is 0.712. The lowest BCUT2D eigenvalue weighted by Crippen LogP contribution is -2.27. The second-order valence-electron chi connectivity index (χ2n) is 2.28. The van der Waals surface area contributed by atoms with Gasteiger partial charge in [-0.3, -0.25) is 0 Å². The molecule has 1 N–H and O–H groups in total. The van der Waals surface area contributed by atoms with Crippen LogP contribution in [0, 0.1) is 0 Å². The Balaban J connectivity index is 3.26. The molecule has 0 aliphatic rings. The molecule has 2 heteroatoms. The Bertz CT molecular complexity index is 90.9. The topological polar surface area (TPSA) is 21.3 Å². The molecule has 54 valence electrons. The number of nitrogens with one attached hydrogen (secondary N) is 1. The van der Waals surface area contributed by atoms with Crippen LogP contribution >= 0.6 is 0 Å². The normalized spacial score (nSPS) is 12.8. The van der Waals surface area contributed by atoms with Gasteiger partial charge < -0.3 is 10.1 Å². The van der Waals surface area contributed by atoms with E-state index in [1.54, 1.807) is 7.11 Å². The lowest BCUT2D eigenvalue weighted by atomic mass is 10.3. The van der Waals surface area contributed by atoms with Gasteiger partial charge in [0.2, 0.25) is 0 Å². The van der Waals surface area contributed by atoms with Gasteiger partial charge in [-0.05, 0) is 13.8 Å². The minimum Gasteiger partial charge on any atom is -0.384 e. The lowest BCUT2D eigenvalue weighted by molar-refractivity contribution is 0.176. The Hall–Kier alpha value is -0.500. The summed E-state index contributed by atoms with van der Waals surface area (Å²) in [5, 5.41) is 3.12. The lowest BCUT2D eigenvalue weighted by Gasteiger charge is -2.12. The van der Waals surface area contributed by atoms with Crippen LogP contribution < -0.4 is 5.32 Å². The molecule has 0 saturated heterocycles. The zero-order valence-corrected chi connectivity index (χ0v) is 6.40. The molecule has 0 aromatic carbocycles. The maximum atomic E-state index is 4.90. The van der Waals surface area contributed by atoms with Gasteiger partial charge in [-0.1, -0.05) is 6.58 Å². The average Bonchev–Trinajstić information content (AvgIpc) is 1.63. The van der Waals surface area contributed by atoms with Gasteiger partial charge >= 0.3 is 0 Å². The summed E-state index contributed by atoms with van der Waals surface area (Å²) in [6.45, 7) is 8.43. The second kappa shape index (κ2) is 4.39. The standard InChI is InChI=1S/C7H15NO/c1-6(2)8-7(3)5-9-4/h7-8H,1,5H2,2-4H3. The molecule has 0 heterocycles. The van der Waals surface area contributed by atoms with Gasteiger partial charge in [0.15, 0.2) is 0 Å². The first kappa shape index (κ1) is 8.50. The first-order valence-corrected chi connectivity index (χ1v) is 3.07. The Morgan fingerprint density at radius 2 is 2.33 bits per heavy atom. The molecule has 2 nitrogen and oxygen atoms in total. The Labute approximate surface area is 56.9 Å². The summed E-state index contributed by atoms with van der Waals surface area (Å²) >= 11 is 0. The Morgan fingerprint density at radius 3 is 2.67 bits per heavy atom. The van der Waals surface area contributed by atoms with E-state index >= 15 is 0 Å². The fraction of sp³-hybridized carbons (Fsp3) is 0.714. The first-order valence-electron chi connectivity index (χ1n) is 3.07. The number of allylic oxidation sites excluding steroid dienone is 1. The van der Waals surface area contributed by atoms with Gasteiger partial charge in [-0.25, -0.2) is 0 Å². The SMILES string of the molecule is C=C(C)NC(C)COC. The molecule has 0 saturated carbocycles. The van der Waals surface area contributed by atoms with Crippen molar-refractivity contribution in [2.24, 2.45) is 0 Å². The van der Waals surface area contributed by atoms with Crippen molar-refractivity contribution in [1.82, 2.24) is 5.32 Å². The molecule has 0 aliphatic carbocycles. The van der Waals surface area contributed by atoms with Crippen molar-refractivity contribution in [3.8, 4) is 0 Å². The molecule has 0 radical (unpaired) electrons. The highest BCUT2D eigenvalue weighted by atomic mass is 16.5. The van der Waals surface area contributed by atoms with Gasteiger partial charge in [0.05, 0.1) is 6.61 Å². The van der Waals surface area contributed by atoms with E-state index in [-0.39, 0.29) is 0 Å². The van der Waals surface area contributed by atoms with Crippen LogP contribution in [0.4, 0.5) is 0 Å². The van der Waals surface area contributed by atoms with Gasteiger partial charge in [-0.2, -0.15) is 0 Å². The van der Waals surface area contributed by atoms with Crippen molar-refractivity contribution < 1.29 is 4.74 Å². The van der Waals surface area contributed by atoms with Crippen LogP contribution in [0.1, 0.15) is 13.8 Å². The zero-order chi connectivity index (χ0) is 7.28. The number of rotatable bonds is 4. The van der Waals surface area contributed by atoms with Gasteiger partial charge in [0, 0.05) is 18.8 Å². The summed E-state index contributed by atoms with van der Waals surface area (Å²) in [6.07, 6.45) is 0. The van der Waals surface area contributed by atoms with Gasteiger partial charge in [0.1, 0.15) is 0 Å². The predicted molar refractivity (Wildman–Crippen MR) is 39.3 cm³/mol. The smallest absolute Gasteiger partial charge is 0.0661 e. The average molecular weight is 129 g/mol. The highest BCUT2D eigenvalue weighted by Gasteiger charge is 1.96. The molecular weight excluding hydrogens is 114 g/mol. The number of methoxy groups -OCH3 is 1. The van der Waals surface area contributed by atoms with E-state index in [4.69, 9.17) is 4.74 Å². The van der Waals surface area contributed by atoms with Crippen molar-refractivity contribution in [2.45, 2.75) is 19.9 Å². The molecule has 0 amide bonds. The predicted octanol–water partition coefficient (Wildman–Crippen LogP) is 1.14. The summed E-state index contributed by atoms with van der Waals surface area (Å²) in [7, 11) is 1.69. The van der Waals surface area contributed by atoms with E-state index in [1.165, 1.54) is 0 Å². The Morgan fingerprint density at radius 1 is 1.78 bits per heavy atom. The van der Waals surface area contributed by atoms with E-state index in [2.05, 4.69) is 18.8 Å². The van der Waals surface area contributed by atoms with Crippen LogP contribution in [0.3, 0.4) is 0 Å². The van der Waals surface area contributed by atoms with Crippen molar-refractivity contribution in [3.05, 3.63) is 12.3 Å². The van der Waals surface area contributed by atoms with Crippen molar-refractivity contribution in [1.29, 1.82) is 0 Å². The van der Waals surface area contributed by atoms with Gasteiger partial charge in [-0.15, -0.1) is 0 Å².